The second-order valence-electron chi connectivity index (χ2n) is 4.40. The molecule has 2 rings (SSSR count). The van der Waals surface area contributed by atoms with Crippen molar-refractivity contribution in [2.45, 2.75) is 0 Å². The average molecular weight is 309 g/mol. The molecule has 0 atom stereocenters. The first kappa shape index (κ1) is 15.3. The number of likely N-dealkylation sites (N-methyl/N-ethyl adjacent to an activating group) is 1. The van der Waals surface area contributed by atoms with Crippen LogP contribution in [0.15, 0.2) is 42.6 Å². The van der Waals surface area contributed by atoms with Gasteiger partial charge in [-0.15, -0.1) is 0 Å². The van der Waals surface area contributed by atoms with E-state index in [4.69, 9.17) is 16.3 Å². The third kappa shape index (κ3) is 4.43. The van der Waals surface area contributed by atoms with E-state index >= 15 is 0 Å². The van der Waals surface area contributed by atoms with Crippen molar-refractivity contribution in [3.63, 3.8) is 0 Å². The third-order valence-corrected chi connectivity index (χ3v) is 3.02. The lowest BCUT2D eigenvalue weighted by Crippen LogP contribution is -2.30. The van der Waals surface area contributed by atoms with Gasteiger partial charge in [0, 0.05) is 24.9 Å². The molecule has 21 heavy (non-hydrogen) atoms. The topological polar surface area (TPSA) is 42.4 Å². The zero-order chi connectivity index (χ0) is 15.2. The van der Waals surface area contributed by atoms with Crippen LogP contribution in [0.1, 0.15) is 10.4 Å². The molecule has 0 N–H and O–H groups in total. The van der Waals surface area contributed by atoms with Crippen LogP contribution in [0.4, 0.5) is 4.39 Å². The first-order chi connectivity index (χ1) is 10.1. The lowest BCUT2D eigenvalue weighted by Gasteiger charge is -2.17. The largest absolute Gasteiger partial charge is 0.492 e. The van der Waals surface area contributed by atoms with Crippen molar-refractivity contribution < 1.29 is 13.9 Å². The van der Waals surface area contributed by atoms with Crippen LogP contribution in [0.5, 0.6) is 5.75 Å². The number of benzene rings is 1. The van der Waals surface area contributed by atoms with Crippen molar-refractivity contribution >= 4 is 17.5 Å². The number of carbonyl (C=O) groups is 1. The summed E-state index contributed by atoms with van der Waals surface area (Å²) in [6, 6.07) is 8.97. The smallest absolute Gasteiger partial charge is 0.253 e. The van der Waals surface area contributed by atoms with Gasteiger partial charge in [0.2, 0.25) is 0 Å². The summed E-state index contributed by atoms with van der Waals surface area (Å²) in [4.78, 5) is 17.4. The molecule has 0 aliphatic rings. The molecule has 110 valence electrons. The van der Waals surface area contributed by atoms with Crippen LogP contribution in [0, 0.1) is 5.82 Å². The van der Waals surface area contributed by atoms with Crippen LogP contribution in [-0.4, -0.2) is 36.0 Å². The fourth-order valence-corrected chi connectivity index (χ4v) is 1.89. The van der Waals surface area contributed by atoms with Crippen LogP contribution in [-0.2, 0) is 0 Å². The van der Waals surface area contributed by atoms with Crippen LogP contribution in [0.25, 0.3) is 0 Å². The van der Waals surface area contributed by atoms with Gasteiger partial charge in [0.25, 0.3) is 5.91 Å². The van der Waals surface area contributed by atoms with Gasteiger partial charge in [-0.1, -0.05) is 17.7 Å². The fourth-order valence-electron chi connectivity index (χ4n) is 1.71. The molecule has 0 saturated heterocycles. The Balaban J connectivity index is 1.87. The maximum Gasteiger partial charge on any atom is 0.253 e. The summed E-state index contributed by atoms with van der Waals surface area (Å²) in [7, 11) is 1.66. The van der Waals surface area contributed by atoms with E-state index in [0.717, 1.165) is 0 Å². The Bertz CT molecular complexity index is 637. The van der Waals surface area contributed by atoms with E-state index in [1.807, 2.05) is 0 Å². The van der Waals surface area contributed by atoms with E-state index in [-0.39, 0.29) is 23.5 Å². The van der Waals surface area contributed by atoms with Crippen LogP contribution in [0.3, 0.4) is 0 Å². The van der Waals surface area contributed by atoms with Gasteiger partial charge in [0.1, 0.15) is 23.3 Å². The minimum absolute atomic E-state index is 0.179. The van der Waals surface area contributed by atoms with Gasteiger partial charge in [-0.2, -0.15) is 0 Å². The van der Waals surface area contributed by atoms with Crippen molar-refractivity contribution in [3.05, 3.63) is 59.1 Å². The van der Waals surface area contributed by atoms with Crippen molar-refractivity contribution in [3.8, 4) is 5.75 Å². The monoisotopic (exact) mass is 308 g/mol. The van der Waals surface area contributed by atoms with Gasteiger partial charge in [-0.05, 0) is 24.3 Å². The summed E-state index contributed by atoms with van der Waals surface area (Å²) in [6.07, 6.45) is 1.48. The predicted octanol–water partition coefficient (Wildman–Crippen LogP) is 3.03. The highest BCUT2D eigenvalue weighted by Gasteiger charge is 2.12. The predicted molar refractivity (Wildman–Crippen MR) is 78.1 cm³/mol. The van der Waals surface area contributed by atoms with E-state index in [9.17, 15) is 9.18 Å². The van der Waals surface area contributed by atoms with Gasteiger partial charge in [0.15, 0.2) is 0 Å². The van der Waals surface area contributed by atoms with Gasteiger partial charge in [-0.25, -0.2) is 9.37 Å². The average Bonchev–Trinajstić information content (AvgIpc) is 2.46. The molecule has 0 aliphatic heterocycles. The Morgan fingerprint density at radius 1 is 1.38 bits per heavy atom. The van der Waals surface area contributed by atoms with Crippen molar-refractivity contribution in [1.82, 2.24) is 9.88 Å². The zero-order valence-corrected chi connectivity index (χ0v) is 12.2. The minimum Gasteiger partial charge on any atom is -0.492 e. The molecule has 2 aromatic rings. The lowest BCUT2D eigenvalue weighted by atomic mass is 10.2. The zero-order valence-electron chi connectivity index (χ0n) is 11.4. The Morgan fingerprint density at radius 3 is 2.90 bits per heavy atom. The number of hydrogen-bond donors (Lipinski definition) is 0. The van der Waals surface area contributed by atoms with Gasteiger partial charge in [0.05, 0.1) is 6.54 Å². The molecular weight excluding hydrogens is 295 g/mol. The molecule has 1 amide bonds. The number of halogens is 2. The van der Waals surface area contributed by atoms with Crippen LogP contribution in [0.2, 0.25) is 5.15 Å². The first-order valence-electron chi connectivity index (χ1n) is 6.31. The van der Waals surface area contributed by atoms with Crippen molar-refractivity contribution in [2.24, 2.45) is 0 Å². The number of hydrogen-bond acceptors (Lipinski definition) is 3. The Morgan fingerprint density at radius 2 is 2.19 bits per heavy atom. The molecule has 0 aliphatic carbocycles. The highest BCUT2D eigenvalue weighted by molar-refractivity contribution is 6.29. The number of pyridine rings is 1. The van der Waals surface area contributed by atoms with Crippen molar-refractivity contribution in [1.29, 1.82) is 0 Å². The van der Waals surface area contributed by atoms with Crippen LogP contribution >= 0.6 is 11.6 Å². The molecule has 1 aromatic carbocycles. The minimum atomic E-state index is -0.358. The van der Waals surface area contributed by atoms with E-state index in [1.54, 1.807) is 25.2 Å². The summed E-state index contributed by atoms with van der Waals surface area (Å²) >= 11 is 5.75. The summed E-state index contributed by atoms with van der Waals surface area (Å²) in [5.74, 6) is -0.103. The van der Waals surface area contributed by atoms with E-state index in [2.05, 4.69) is 4.98 Å². The Labute approximate surface area is 127 Å². The summed E-state index contributed by atoms with van der Waals surface area (Å²) in [5, 5.41) is 0.269. The summed E-state index contributed by atoms with van der Waals surface area (Å²) < 4.78 is 18.4. The standard InChI is InChI=1S/C15H14ClFN2O2/c1-19(15(20)11-5-6-18-14(16)9-11)7-8-21-13-4-2-3-12(17)10-13/h2-6,9-10H,7-8H2,1H3. The normalized spacial score (nSPS) is 10.2. The van der Waals surface area contributed by atoms with E-state index < -0.39 is 0 Å². The van der Waals surface area contributed by atoms with Gasteiger partial charge < -0.3 is 9.64 Å². The molecule has 0 unspecified atom stereocenters. The molecule has 0 radical (unpaired) electrons. The molecule has 4 nitrogen and oxygen atoms in total. The van der Waals surface area contributed by atoms with Gasteiger partial charge >= 0.3 is 0 Å². The highest BCUT2D eigenvalue weighted by Crippen LogP contribution is 2.12. The van der Waals surface area contributed by atoms with Crippen LogP contribution < -0.4 is 4.74 Å². The Hall–Kier alpha value is -2.14. The van der Waals surface area contributed by atoms with E-state index in [1.165, 1.54) is 29.3 Å². The molecule has 1 heterocycles. The van der Waals surface area contributed by atoms with Crippen molar-refractivity contribution in [2.75, 3.05) is 20.2 Å². The first-order valence-corrected chi connectivity index (χ1v) is 6.69. The number of amides is 1. The molecule has 6 heteroatoms. The third-order valence-electron chi connectivity index (χ3n) is 2.81. The molecule has 0 fully saturated rings. The number of rotatable bonds is 5. The highest BCUT2D eigenvalue weighted by atomic mass is 35.5. The molecule has 1 aromatic heterocycles. The molecule has 0 saturated carbocycles. The fraction of sp³-hybridized carbons (Fsp3) is 0.200. The number of aromatic nitrogens is 1. The lowest BCUT2D eigenvalue weighted by molar-refractivity contribution is 0.0773. The molecule has 0 spiro atoms. The molecular formula is C15H14ClFN2O2. The second-order valence-corrected chi connectivity index (χ2v) is 4.79. The SMILES string of the molecule is CN(CCOc1cccc(F)c1)C(=O)c1ccnc(Cl)c1. The molecule has 0 bridgehead atoms. The van der Waals surface area contributed by atoms with Gasteiger partial charge in [-0.3, -0.25) is 4.79 Å². The number of carbonyl (C=O) groups excluding carboxylic acids is 1. The number of ether oxygens (including phenoxy) is 1. The quantitative estimate of drug-likeness (QED) is 0.797. The maximum absolute atomic E-state index is 13.0. The maximum atomic E-state index is 13.0. The Kier molecular flexibility index (Phi) is 5.11. The van der Waals surface area contributed by atoms with E-state index in [0.29, 0.717) is 17.9 Å². The summed E-state index contributed by atoms with van der Waals surface area (Å²) in [5.41, 5.74) is 0.461. The number of nitrogens with zero attached hydrogens (tertiary/aromatic N) is 2. The second kappa shape index (κ2) is 7.04. The summed E-state index contributed by atoms with van der Waals surface area (Å²) in [6.45, 7) is 0.639.